The summed E-state index contributed by atoms with van der Waals surface area (Å²) in [5.74, 6) is 0. The molecule has 0 aliphatic carbocycles. The van der Waals surface area contributed by atoms with E-state index in [1.54, 1.807) is 20.8 Å². The lowest BCUT2D eigenvalue weighted by Gasteiger charge is -2.43. The number of rotatable bonds is 1. The van der Waals surface area contributed by atoms with Crippen LogP contribution in [0.25, 0.3) is 0 Å². The Balaban J connectivity index is 2.32. The van der Waals surface area contributed by atoms with E-state index in [2.05, 4.69) is 15.9 Å². The first-order valence-corrected chi connectivity index (χ1v) is 8.50. The van der Waals surface area contributed by atoms with E-state index in [0.29, 0.717) is 3.79 Å². The number of hydrogen-bond acceptors (Lipinski definition) is 4. The van der Waals surface area contributed by atoms with Gasteiger partial charge in [-0.3, -0.25) is 0 Å². The Morgan fingerprint density at radius 2 is 2.04 bits per heavy atom. The number of hydrogen-bond donors (Lipinski definition) is 0. The molecular formula is C14H17BrF3NO3S. The zero-order valence-corrected chi connectivity index (χ0v) is 15.3. The minimum absolute atomic E-state index is 0.00475. The zero-order valence-electron chi connectivity index (χ0n) is 12.9. The number of alkyl halides is 3. The lowest BCUT2D eigenvalue weighted by molar-refractivity contribution is -0.299. The van der Waals surface area contributed by atoms with Gasteiger partial charge >= 0.3 is 12.3 Å². The zero-order chi connectivity index (χ0) is 17.5. The molecule has 1 fully saturated rings. The van der Waals surface area contributed by atoms with Crippen molar-refractivity contribution in [2.75, 3.05) is 19.7 Å². The predicted octanol–water partition coefficient (Wildman–Crippen LogP) is 4.54. The lowest BCUT2D eigenvalue weighted by atomic mass is 9.98. The molecule has 1 aromatic rings. The summed E-state index contributed by atoms with van der Waals surface area (Å²) in [6.45, 7) is 4.21. The third kappa shape index (κ3) is 4.00. The normalized spacial score (nSPS) is 23.0. The van der Waals surface area contributed by atoms with Gasteiger partial charge in [0, 0.05) is 11.4 Å². The molecule has 1 aromatic heterocycles. The highest BCUT2D eigenvalue weighted by Gasteiger charge is 2.61. The van der Waals surface area contributed by atoms with E-state index >= 15 is 0 Å². The van der Waals surface area contributed by atoms with E-state index in [0.717, 1.165) is 16.2 Å². The number of thiophene rings is 1. The lowest BCUT2D eigenvalue weighted by Crippen LogP contribution is -2.59. The molecule has 1 aliphatic rings. The number of nitrogens with zero attached hydrogens (tertiary/aromatic N) is 1. The summed E-state index contributed by atoms with van der Waals surface area (Å²) in [5, 5.41) is 0. The molecule has 2 rings (SSSR count). The number of carbonyl (C=O) groups is 1. The van der Waals surface area contributed by atoms with Crippen LogP contribution in [0, 0.1) is 0 Å². The molecule has 0 radical (unpaired) electrons. The number of amides is 1. The van der Waals surface area contributed by atoms with Crippen LogP contribution in [0.2, 0.25) is 0 Å². The monoisotopic (exact) mass is 415 g/mol. The molecule has 130 valence electrons. The molecule has 0 saturated carbocycles. The van der Waals surface area contributed by atoms with Gasteiger partial charge in [-0.05, 0) is 48.8 Å². The van der Waals surface area contributed by atoms with Crippen molar-refractivity contribution in [3.63, 3.8) is 0 Å². The van der Waals surface area contributed by atoms with Crippen molar-refractivity contribution in [3.05, 3.63) is 20.8 Å². The predicted molar refractivity (Wildman–Crippen MR) is 83.5 cm³/mol. The van der Waals surface area contributed by atoms with Crippen LogP contribution in [0.4, 0.5) is 18.0 Å². The minimum Gasteiger partial charge on any atom is -0.444 e. The maximum absolute atomic E-state index is 13.8. The van der Waals surface area contributed by atoms with Gasteiger partial charge in [0.25, 0.3) is 0 Å². The van der Waals surface area contributed by atoms with Gasteiger partial charge in [0.15, 0.2) is 0 Å². The number of carbonyl (C=O) groups excluding carboxylic acids is 1. The average molecular weight is 416 g/mol. The molecule has 1 atom stereocenters. The maximum atomic E-state index is 13.8. The van der Waals surface area contributed by atoms with Gasteiger partial charge in [-0.15, -0.1) is 11.3 Å². The molecule has 9 heteroatoms. The Bertz CT molecular complexity index is 585. The van der Waals surface area contributed by atoms with E-state index in [1.165, 1.54) is 12.1 Å². The summed E-state index contributed by atoms with van der Waals surface area (Å²) in [6, 6.07) is 2.89. The van der Waals surface area contributed by atoms with Crippen molar-refractivity contribution in [1.29, 1.82) is 0 Å². The van der Waals surface area contributed by atoms with E-state index in [1.807, 2.05) is 0 Å². The Kier molecular flexibility index (Phi) is 5.04. The molecule has 0 N–H and O–H groups in total. The van der Waals surface area contributed by atoms with Gasteiger partial charge in [-0.2, -0.15) is 13.2 Å². The summed E-state index contributed by atoms with van der Waals surface area (Å²) in [5.41, 5.74) is -3.30. The van der Waals surface area contributed by atoms with Crippen molar-refractivity contribution >= 4 is 33.4 Å². The summed E-state index contributed by atoms with van der Waals surface area (Å²) in [7, 11) is 0. The van der Waals surface area contributed by atoms with E-state index in [9.17, 15) is 18.0 Å². The molecule has 1 aliphatic heterocycles. The first-order chi connectivity index (χ1) is 10.4. The summed E-state index contributed by atoms with van der Waals surface area (Å²) < 4.78 is 52.2. The van der Waals surface area contributed by atoms with Crippen LogP contribution in [0.3, 0.4) is 0 Å². The average Bonchev–Trinajstić information content (AvgIpc) is 2.82. The van der Waals surface area contributed by atoms with Crippen molar-refractivity contribution in [3.8, 4) is 0 Å². The molecule has 0 bridgehead atoms. The maximum Gasteiger partial charge on any atom is 0.424 e. The quantitative estimate of drug-likeness (QED) is 0.675. The van der Waals surface area contributed by atoms with Gasteiger partial charge < -0.3 is 14.4 Å². The van der Waals surface area contributed by atoms with E-state index in [4.69, 9.17) is 9.47 Å². The number of morpholine rings is 1. The number of ether oxygens (including phenoxy) is 2. The van der Waals surface area contributed by atoms with Crippen molar-refractivity contribution < 1.29 is 27.4 Å². The minimum atomic E-state index is -4.65. The first kappa shape index (κ1) is 18.5. The Hall–Kier alpha value is -0.800. The second-order valence-electron chi connectivity index (χ2n) is 6.18. The molecule has 1 unspecified atom stereocenters. The Morgan fingerprint density at radius 3 is 2.52 bits per heavy atom. The van der Waals surface area contributed by atoms with Crippen LogP contribution < -0.4 is 0 Å². The second-order valence-corrected chi connectivity index (χ2v) is 8.64. The van der Waals surface area contributed by atoms with Crippen molar-refractivity contribution in [1.82, 2.24) is 4.90 Å². The van der Waals surface area contributed by atoms with Crippen LogP contribution in [0.15, 0.2) is 15.9 Å². The van der Waals surface area contributed by atoms with Crippen LogP contribution in [0.1, 0.15) is 25.6 Å². The van der Waals surface area contributed by atoms with Gasteiger partial charge in [0.2, 0.25) is 5.60 Å². The third-order valence-corrected chi connectivity index (χ3v) is 4.97. The van der Waals surface area contributed by atoms with Crippen molar-refractivity contribution in [2.24, 2.45) is 0 Å². The standard InChI is InChI=1S/C14H17BrF3NO3S/c1-12(2,3)22-11(20)19-6-7-21-13(8-19,14(16,17)18)9-4-5-10(15)23-9/h4-5H,6-8H2,1-3H3. The second kappa shape index (κ2) is 6.25. The fourth-order valence-corrected chi connectivity index (χ4v) is 3.74. The van der Waals surface area contributed by atoms with Gasteiger partial charge in [0.1, 0.15) is 5.60 Å². The van der Waals surface area contributed by atoms with Crippen LogP contribution in [-0.4, -0.2) is 42.5 Å². The number of halogens is 4. The topological polar surface area (TPSA) is 38.8 Å². The summed E-state index contributed by atoms with van der Waals surface area (Å²) >= 11 is 4.10. The van der Waals surface area contributed by atoms with E-state index < -0.39 is 30.0 Å². The van der Waals surface area contributed by atoms with Gasteiger partial charge in [0.05, 0.1) is 16.9 Å². The molecule has 2 heterocycles. The Labute approximate surface area is 144 Å². The third-order valence-electron chi connectivity index (χ3n) is 3.20. The van der Waals surface area contributed by atoms with Gasteiger partial charge in [-0.25, -0.2) is 4.79 Å². The fraction of sp³-hybridized carbons (Fsp3) is 0.643. The van der Waals surface area contributed by atoms with Crippen LogP contribution in [0.5, 0.6) is 0 Å². The highest BCUT2D eigenvalue weighted by Crippen LogP contribution is 2.47. The molecule has 0 spiro atoms. The fourth-order valence-electron chi connectivity index (χ4n) is 2.20. The largest absolute Gasteiger partial charge is 0.444 e. The summed E-state index contributed by atoms with van der Waals surface area (Å²) in [6.07, 6.45) is -5.43. The summed E-state index contributed by atoms with van der Waals surface area (Å²) in [4.78, 5) is 13.2. The SMILES string of the molecule is CC(C)(C)OC(=O)N1CCOC(c2ccc(Br)s2)(C(F)(F)F)C1. The molecule has 4 nitrogen and oxygen atoms in total. The van der Waals surface area contributed by atoms with Crippen LogP contribution >= 0.6 is 27.3 Å². The Morgan fingerprint density at radius 1 is 1.39 bits per heavy atom. The molecule has 1 amide bonds. The first-order valence-electron chi connectivity index (χ1n) is 6.89. The van der Waals surface area contributed by atoms with Crippen LogP contribution in [-0.2, 0) is 15.1 Å². The van der Waals surface area contributed by atoms with Gasteiger partial charge in [-0.1, -0.05) is 0 Å². The molecule has 0 aromatic carbocycles. The smallest absolute Gasteiger partial charge is 0.424 e. The van der Waals surface area contributed by atoms with E-state index in [-0.39, 0.29) is 18.0 Å². The molecule has 1 saturated heterocycles. The van der Waals surface area contributed by atoms with Crippen molar-refractivity contribution in [2.45, 2.75) is 38.1 Å². The molecule has 23 heavy (non-hydrogen) atoms. The highest BCUT2D eigenvalue weighted by molar-refractivity contribution is 9.11. The highest BCUT2D eigenvalue weighted by atomic mass is 79.9. The molecular weight excluding hydrogens is 399 g/mol.